The molecule has 1 amide bonds. The number of hydrogen-bond acceptors (Lipinski definition) is 4. The molecule has 0 bridgehead atoms. The number of carbonyl (C=O) groups is 1. The van der Waals surface area contributed by atoms with Gasteiger partial charge in [0.25, 0.3) is 0 Å². The second-order valence-electron chi connectivity index (χ2n) is 2.92. The van der Waals surface area contributed by atoms with Gasteiger partial charge in [-0.25, -0.2) is 9.97 Å². The quantitative estimate of drug-likeness (QED) is 0.650. The molecule has 0 unspecified atom stereocenters. The lowest BCUT2D eigenvalue weighted by Gasteiger charge is -2.05. The van der Waals surface area contributed by atoms with Crippen molar-refractivity contribution in [1.29, 1.82) is 0 Å². The Morgan fingerprint density at radius 2 is 2.23 bits per heavy atom. The minimum Gasteiger partial charge on any atom is -0.373 e. The maximum absolute atomic E-state index is 11.1. The van der Waals surface area contributed by atoms with E-state index in [1.54, 1.807) is 14.0 Å². The molecule has 0 fully saturated rings. The molecule has 2 rings (SSSR count). The Balaban J connectivity index is 2.56. The Morgan fingerprint density at radius 3 is 2.92 bits per heavy atom. The average Bonchev–Trinajstić information content (AvgIpc) is 2.43. The van der Waals surface area contributed by atoms with E-state index in [1.165, 1.54) is 0 Å². The standard InChI is InChI=1S/C8H10N4O/c1-4-10-7(9-2)5-3-6(13)12-8(5)11-4/h3H2,1-2H3,(H2,9,10,11,12,13). The minimum atomic E-state index is -0.0219. The van der Waals surface area contributed by atoms with Crippen molar-refractivity contribution in [3.63, 3.8) is 0 Å². The van der Waals surface area contributed by atoms with Crippen molar-refractivity contribution in [2.24, 2.45) is 0 Å². The van der Waals surface area contributed by atoms with Crippen molar-refractivity contribution in [1.82, 2.24) is 9.97 Å². The van der Waals surface area contributed by atoms with Crippen molar-refractivity contribution < 1.29 is 4.79 Å². The van der Waals surface area contributed by atoms with Crippen LogP contribution in [0.4, 0.5) is 11.6 Å². The Hall–Kier alpha value is -1.65. The van der Waals surface area contributed by atoms with Crippen molar-refractivity contribution in [3.8, 4) is 0 Å². The van der Waals surface area contributed by atoms with Crippen LogP contribution in [0.2, 0.25) is 0 Å². The number of aromatic nitrogens is 2. The van der Waals surface area contributed by atoms with Crippen LogP contribution in [-0.2, 0) is 11.2 Å². The Morgan fingerprint density at radius 1 is 1.46 bits per heavy atom. The molecule has 2 N–H and O–H groups in total. The predicted octanol–water partition coefficient (Wildman–Crippen LogP) is 0.321. The molecule has 1 aliphatic rings. The van der Waals surface area contributed by atoms with Gasteiger partial charge in [0.2, 0.25) is 5.91 Å². The maximum Gasteiger partial charge on any atom is 0.230 e. The van der Waals surface area contributed by atoms with Crippen LogP contribution in [0.1, 0.15) is 11.4 Å². The van der Waals surface area contributed by atoms with Gasteiger partial charge < -0.3 is 10.6 Å². The van der Waals surface area contributed by atoms with Gasteiger partial charge in [-0.2, -0.15) is 0 Å². The summed E-state index contributed by atoms with van der Waals surface area (Å²) >= 11 is 0. The second kappa shape index (κ2) is 2.69. The topological polar surface area (TPSA) is 66.9 Å². The monoisotopic (exact) mass is 178 g/mol. The number of aryl methyl sites for hydroxylation is 1. The van der Waals surface area contributed by atoms with Gasteiger partial charge in [-0.3, -0.25) is 4.79 Å². The summed E-state index contributed by atoms with van der Waals surface area (Å²) in [6, 6.07) is 0. The van der Waals surface area contributed by atoms with Gasteiger partial charge in [-0.1, -0.05) is 0 Å². The summed E-state index contributed by atoms with van der Waals surface area (Å²) in [4.78, 5) is 19.4. The third-order valence-corrected chi connectivity index (χ3v) is 1.95. The molecule has 68 valence electrons. The van der Waals surface area contributed by atoms with E-state index in [0.717, 1.165) is 11.4 Å². The number of nitrogens with zero attached hydrogens (tertiary/aromatic N) is 2. The number of carbonyl (C=O) groups excluding carboxylic acids is 1. The molecule has 13 heavy (non-hydrogen) atoms. The summed E-state index contributed by atoms with van der Waals surface area (Å²) in [5, 5.41) is 5.63. The van der Waals surface area contributed by atoms with E-state index in [-0.39, 0.29) is 5.91 Å². The van der Waals surface area contributed by atoms with E-state index < -0.39 is 0 Å². The van der Waals surface area contributed by atoms with E-state index in [1.807, 2.05) is 0 Å². The van der Waals surface area contributed by atoms with Crippen molar-refractivity contribution >= 4 is 17.5 Å². The van der Waals surface area contributed by atoms with Gasteiger partial charge >= 0.3 is 0 Å². The highest BCUT2D eigenvalue weighted by Crippen LogP contribution is 2.26. The summed E-state index contributed by atoms with van der Waals surface area (Å²) in [6.07, 6.45) is 0.367. The lowest BCUT2D eigenvalue weighted by atomic mass is 10.2. The van der Waals surface area contributed by atoms with Crippen LogP contribution in [0.3, 0.4) is 0 Å². The number of amides is 1. The molecular weight excluding hydrogens is 168 g/mol. The van der Waals surface area contributed by atoms with E-state index in [9.17, 15) is 4.79 Å². The number of hydrogen-bond donors (Lipinski definition) is 2. The zero-order valence-electron chi connectivity index (χ0n) is 7.51. The zero-order chi connectivity index (χ0) is 9.42. The fourth-order valence-electron chi connectivity index (χ4n) is 1.41. The summed E-state index contributed by atoms with van der Waals surface area (Å²) in [6.45, 7) is 1.80. The van der Waals surface area contributed by atoms with Gasteiger partial charge in [0.15, 0.2) is 0 Å². The molecule has 5 nitrogen and oxygen atoms in total. The molecule has 1 aromatic rings. The van der Waals surface area contributed by atoms with Crippen LogP contribution < -0.4 is 10.6 Å². The third-order valence-electron chi connectivity index (χ3n) is 1.95. The molecule has 0 spiro atoms. The third kappa shape index (κ3) is 1.22. The van der Waals surface area contributed by atoms with E-state index in [0.29, 0.717) is 18.1 Å². The molecule has 1 aromatic heterocycles. The molecule has 0 atom stereocenters. The SMILES string of the molecule is CNc1nc(C)nc2c1CC(=O)N2. The minimum absolute atomic E-state index is 0.0219. The molecule has 1 aliphatic heterocycles. The number of nitrogens with one attached hydrogen (secondary N) is 2. The van der Waals surface area contributed by atoms with Gasteiger partial charge in [0.05, 0.1) is 6.42 Å². The lowest BCUT2D eigenvalue weighted by Crippen LogP contribution is -2.04. The van der Waals surface area contributed by atoms with Gasteiger partial charge in [-0.15, -0.1) is 0 Å². The first-order valence-corrected chi connectivity index (χ1v) is 4.06. The van der Waals surface area contributed by atoms with Crippen molar-refractivity contribution in [2.75, 3.05) is 17.7 Å². The van der Waals surface area contributed by atoms with Crippen LogP contribution in [0.5, 0.6) is 0 Å². The highest BCUT2D eigenvalue weighted by molar-refractivity contribution is 5.99. The molecule has 0 aliphatic carbocycles. The van der Waals surface area contributed by atoms with Gasteiger partial charge in [-0.05, 0) is 6.92 Å². The Labute approximate surface area is 75.6 Å². The van der Waals surface area contributed by atoms with Gasteiger partial charge in [0.1, 0.15) is 17.5 Å². The van der Waals surface area contributed by atoms with Crippen LogP contribution >= 0.6 is 0 Å². The largest absolute Gasteiger partial charge is 0.373 e. The maximum atomic E-state index is 11.1. The van der Waals surface area contributed by atoms with Crippen LogP contribution in [0, 0.1) is 6.92 Å². The number of anilines is 2. The lowest BCUT2D eigenvalue weighted by molar-refractivity contribution is -0.115. The molecular formula is C8H10N4O. The highest BCUT2D eigenvalue weighted by Gasteiger charge is 2.23. The number of fused-ring (bicyclic) bond motifs is 1. The first kappa shape index (κ1) is 7.97. The smallest absolute Gasteiger partial charge is 0.230 e. The van der Waals surface area contributed by atoms with E-state index in [2.05, 4.69) is 20.6 Å². The molecule has 0 radical (unpaired) electrons. The average molecular weight is 178 g/mol. The summed E-state index contributed by atoms with van der Waals surface area (Å²) in [5.74, 6) is 2.01. The summed E-state index contributed by atoms with van der Waals surface area (Å²) in [7, 11) is 1.78. The summed E-state index contributed by atoms with van der Waals surface area (Å²) in [5.41, 5.74) is 0.859. The second-order valence-corrected chi connectivity index (χ2v) is 2.92. The zero-order valence-corrected chi connectivity index (χ0v) is 7.51. The molecule has 2 heterocycles. The first-order valence-electron chi connectivity index (χ1n) is 4.06. The summed E-state index contributed by atoms with van der Waals surface area (Å²) < 4.78 is 0. The van der Waals surface area contributed by atoms with E-state index in [4.69, 9.17) is 0 Å². The van der Waals surface area contributed by atoms with Gasteiger partial charge in [0, 0.05) is 12.6 Å². The Kier molecular flexibility index (Phi) is 1.65. The fourth-order valence-corrected chi connectivity index (χ4v) is 1.41. The van der Waals surface area contributed by atoms with Crippen LogP contribution in [0.15, 0.2) is 0 Å². The predicted molar refractivity (Wildman–Crippen MR) is 48.6 cm³/mol. The van der Waals surface area contributed by atoms with Crippen molar-refractivity contribution in [3.05, 3.63) is 11.4 Å². The molecule has 0 saturated carbocycles. The van der Waals surface area contributed by atoms with Crippen molar-refractivity contribution in [2.45, 2.75) is 13.3 Å². The van der Waals surface area contributed by atoms with Crippen LogP contribution in [0.25, 0.3) is 0 Å². The normalized spacial score (nSPS) is 13.8. The van der Waals surface area contributed by atoms with E-state index >= 15 is 0 Å². The first-order chi connectivity index (χ1) is 6.20. The molecule has 0 saturated heterocycles. The molecule has 5 heteroatoms. The highest BCUT2D eigenvalue weighted by atomic mass is 16.1. The van der Waals surface area contributed by atoms with Crippen LogP contribution in [-0.4, -0.2) is 22.9 Å². The fraction of sp³-hybridized carbons (Fsp3) is 0.375. The number of rotatable bonds is 1. The Bertz CT molecular complexity index is 375. The molecule has 0 aromatic carbocycles.